The number of aryl methyl sites for hydroxylation is 2. The van der Waals surface area contributed by atoms with E-state index in [9.17, 15) is 0 Å². The average molecular weight is 423 g/mol. The first-order valence-electron chi connectivity index (χ1n) is 10.1. The lowest BCUT2D eigenvalue weighted by molar-refractivity contribution is 0.356. The number of hydrogen-bond donors (Lipinski definition) is 2. The van der Waals surface area contributed by atoms with E-state index in [1.54, 1.807) is 14.2 Å². The quantitative estimate of drug-likeness (QED) is 0.444. The van der Waals surface area contributed by atoms with Crippen LogP contribution < -0.4 is 20.1 Å². The summed E-state index contributed by atoms with van der Waals surface area (Å²) in [6, 6.07) is 9.90. The van der Waals surface area contributed by atoms with E-state index in [1.165, 1.54) is 6.33 Å². The fraction of sp³-hybridized carbons (Fsp3) is 0.348. The number of anilines is 2. The summed E-state index contributed by atoms with van der Waals surface area (Å²) in [6.07, 6.45) is 1.52. The van der Waals surface area contributed by atoms with E-state index in [4.69, 9.17) is 14.5 Å². The number of nitrogens with one attached hydrogen (secondary N) is 2. The molecule has 3 rings (SSSR count). The molecule has 2 N–H and O–H groups in total. The van der Waals surface area contributed by atoms with Crippen LogP contribution in [-0.2, 0) is 0 Å². The summed E-state index contributed by atoms with van der Waals surface area (Å²) in [7, 11) is 7.27. The van der Waals surface area contributed by atoms with E-state index in [0.29, 0.717) is 29.8 Å². The van der Waals surface area contributed by atoms with Crippen molar-refractivity contribution >= 4 is 28.4 Å². The van der Waals surface area contributed by atoms with Gasteiger partial charge < -0.3 is 25.0 Å². The molecular formula is C23H30N6O2. The van der Waals surface area contributed by atoms with Crippen molar-refractivity contribution in [1.82, 2.24) is 14.9 Å². The van der Waals surface area contributed by atoms with Crippen molar-refractivity contribution in [3.63, 3.8) is 0 Å². The van der Waals surface area contributed by atoms with Gasteiger partial charge in [-0.05, 0) is 45.1 Å². The zero-order valence-electron chi connectivity index (χ0n) is 19.0. The molecule has 1 heterocycles. The lowest BCUT2D eigenvalue weighted by Gasteiger charge is -2.17. The summed E-state index contributed by atoms with van der Waals surface area (Å²) in [4.78, 5) is 15.7. The normalized spacial score (nSPS) is 11.6. The first-order chi connectivity index (χ1) is 14.9. The third kappa shape index (κ3) is 5.40. The fourth-order valence-corrected chi connectivity index (χ4v) is 3.20. The average Bonchev–Trinajstić information content (AvgIpc) is 2.75. The van der Waals surface area contributed by atoms with Gasteiger partial charge in [0.2, 0.25) is 5.96 Å². The first kappa shape index (κ1) is 22.3. The van der Waals surface area contributed by atoms with Gasteiger partial charge in [0.15, 0.2) is 11.5 Å². The second-order valence-electron chi connectivity index (χ2n) is 7.50. The molecule has 0 aliphatic heterocycles. The first-order valence-corrected chi connectivity index (χ1v) is 10.1. The van der Waals surface area contributed by atoms with E-state index < -0.39 is 0 Å². The summed E-state index contributed by atoms with van der Waals surface area (Å²) in [5.74, 6) is 2.48. The standard InChI is InChI=1S/C23H30N6O2/c1-15-8-7-9-16(2)21(15)27-23(24-10-11-29(3)4)28-22-17-12-19(30-5)20(31-6)13-18(17)25-14-26-22/h7-9,12-14H,10-11H2,1-6H3,(H2,24,25,26,27,28). The van der Waals surface area contributed by atoms with E-state index in [1.807, 2.05) is 32.3 Å². The second kappa shape index (κ2) is 10.1. The Labute approximate surface area is 183 Å². The van der Waals surface area contributed by atoms with E-state index in [-0.39, 0.29) is 0 Å². The lowest BCUT2D eigenvalue weighted by atomic mass is 10.1. The lowest BCUT2D eigenvalue weighted by Crippen LogP contribution is -2.26. The topological polar surface area (TPSA) is 83.9 Å². The highest BCUT2D eigenvalue weighted by Gasteiger charge is 2.13. The number of nitrogens with zero attached hydrogens (tertiary/aromatic N) is 4. The van der Waals surface area contributed by atoms with Gasteiger partial charge in [-0.1, -0.05) is 18.2 Å². The Morgan fingerprint density at radius 3 is 2.32 bits per heavy atom. The Hall–Kier alpha value is -3.39. The molecular weight excluding hydrogens is 392 g/mol. The van der Waals surface area contributed by atoms with Crippen LogP contribution in [0.4, 0.5) is 11.5 Å². The number of ether oxygens (including phenoxy) is 2. The summed E-state index contributed by atoms with van der Waals surface area (Å²) >= 11 is 0. The Morgan fingerprint density at radius 1 is 1.00 bits per heavy atom. The second-order valence-corrected chi connectivity index (χ2v) is 7.50. The monoisotopic (exact) mass is 422 g/mol. The van der Waals surface area contributed by atoms with E-state index in [0.717, 1.165) is 34.3 Å². The number of para-hydroxylation sites is 1. The summed E-state index contributed by atoms with van der Waals surface area (Å²) in [6.45, 7) is 5.61. The molecule has 8 heteroatoms. The van der Waals surface area contributed by atoms with Gasteiger partial charge in [0, 0.05) is 23.7 Å². The van der Waals surface area contributed by atoms with Crippen molar-refractivity contribution in [1.29, 1.82) is 0 Å². The molecule has 0 saturated carbocycles. The molecule has 2 aromatic carbocycles. The van der Waals surface area contributed by atoms with Gasteiger partial charge in [-0.15, -0.1) is 0 Å². The summed E-state index contributed by atoms with van der Waals surface area (Å²) < 4.78 is 10.9. The molecule has 0 radical (unpaired) electrons. The highest BCUT2D eigenvalue weighted by molar-refractivity contribution is 6.08. The number of hydrogen-bond acceptors (Lipinski definition) is 6. The maximum Gasteiger partial charge on any atom is 0.201 e. The Balaban J connectivity index is 1.99. The number of likely N-dealkylation sites (N-methyl/N-ethyl adjacent to an activating group) is 1. The van der Waals surface area contributed by atoms with Crippen LogP contribution in [0.5, 0.6) is 11.5 Å². The van der Waals surface area contributed by atoms with Crippen LogP contribution in [0.3, 0.4) is 0 Å². The number of methoxy groups -OCH3 is 2. The molecule has 0 amide bonds. The van der Waals surface area contributed by atoms with Crippen molar-refractivity contribution in [2.45, 2.75) is 13.8 Å². The Morgan fingerprint density at radius 2 is 1.68 bits per heavy atom. The van der Waals surface area contributed by atoms with Gasteiger partial charge in [0.25, 0.3) is 0 Å². The minimum Gasteiger partial charge on any atom is -0.493 e. The van der Waals surface area contributed by atoms with Crippen LogP contribution in [0.1, 0.15) is 11.1 Å². The Kier molecular flexibility index (Phi) is 7.25. The molecule has 3 aromatic rings. The fourth-order valence-electron chi connectivity index (χ4n) is 3.20. The molecule has 1 aromatic heterocycles. The molecule has 0 unspecified atom stereocenters. The summed E-state index contributed by atoms with van der Waals surface area (Å²) in [5.41, 5.74) is 4.05. The zero-order chi connectivity index (χ0) is 22.4. The molecule has 0 bridgehead atoms. The maximum atomic E-state index is 5.46. The molecule has 0 aliphatic carbocycles. The molecule has 0 atom stereocenters. The van der Waals surface area contributed by atoms with Gasteiger partial charge in [-0.25, -0.2) is 9.97 Å². The van der Waals surface area contributed by atoms with Gasteiger partial charge in [-0.3, -0.25) is 4.99 Å². The van der Waals surface area contributed by atoms with E-state index >= 15 is 0 Å². The number of aromatic nitrogens is 2. The molecule has 0 spiro atoms. The minimum absolute atomic E-state index is 0.613. The number of benzene rings is 2. The smallest absolute Gasteiger partial charge is 0.201 e. The van der Waals surface area contributed by atoms with Crippen LogP contribution in [0, 0.1) is 13.8 Å². The minimum atomic E-state index is 0.613. The predicted octanol–water partition coefficient (Wildman–Crippen LogP) is 3.71. The number of rotatable bonds is 7. The van der Waals surface area contributed by atoms with E-state index in [2.05, 4.69) is 51.5 Å². The SMILES string of the molecule is COc1cc2ncnc(NC(=NCCN(C)C)Nc3c(C)cccc3C)c2cc1OC. The van der Waals surface area contributed by atoms with Crippen LogP contribution in [0.2, 0.25) is 0 Å². The molecule has 31 heavy (non-hydrogen) atoms. The Bertz CT molecular complexity index is 1060. The number of aliphatic imine (C=N–C) groups is 1. The highest BCUT2D eigenvalue weighted by Crippen LogP contribution is 2.33. The molecule has 0 fully saturated rings. The van der Waals surface area contributed by atoms with Crippen molar-refractivity contribution < 1.29 is 9.47 Å². The van der Waals surface area contributed by atoms with Crippen molar-refractivity contribution in [3.05, 3.63) is 47.8 Å². The molecule has 0 aliphatic rings. The molecule has 0 saturated heterocycles. The van der Waals surface area contributed by atoms with Crippen molar-refractivity contribution in [3.8, 4) is 11.5 Å². The van der Waals surface area contributed by atoms with Crippen molar-refractivity contribution in [2.24, 2.45) is 4.99 Å². The highest BCUT2D eigenvalue weighted by atomic mass is 16.5. The van der Waals surface area contributed by atoms with Gasteiger partial charge in [0.05, 0.1) is 26.3 Å². The van der Waals surface area contributed by atoms with Crippen LogP contribution in [0.15, 0.2) is 41.7 Å². The largest absolute Gasteiger partial charge is 0.493 e. The zero-order valence-corrected chi connectivity index (χ0v) is 19.0. The van der Waals surface area contributed by atoms with Crippen LogP contribution in [-0.4, -0.2) is 62.2 Å². The number of guanidine groups is 1. The van der Waals surface area contributed by atoms with Gasteiger partial charge in [-0.2, -0.15) is 0 Å². The predicted molar refractivity (Wildman–Crippen MR) is 127 cm³/mol. The van der Waals surface area contributed by atoms with Crippen molar-refractivity contribution in [2.75, 3.05) is 52.0 Å². The van der Waals surface area contributed by atoms with Gasteiger partial charge >= 0.3 is 0 Å². The third-order valence-corrected chi connectivity index (χ3v) is 4.92. The number of fused-ring (bicyclic) bond motifs is 1. The summed E-state index contributed by atoms with van der Waals surface area (Å²) in [5, 5.41) is 7.63. The van der Waals surface area contributed by atoms with Crippen LogP contribution in [0.25, 0.3) is 10.9 Å². The van der Waals surface area contributed by atoms with Gasteiger partial charge in [0.1, 0.15) is 12.1 Å². The third-order valence-electron chi connectivity index (χ3n) is 4.92. The molecule has 164 valence electrons. The van der Waals surface area contributed by atoms with Crippen LogP contribution >= 0.6 is 0 Å². The maximum absolute atomic E-state index is 5.46. The molecule has 8 nitrogen and oxygen atoms in total.